The number of benzene rings is 2. The van der Waals surface area contributed by atoms with Crippen LogP contribution in [-0.4, -0.2) is 50.3 Å². The minimum atomic E-state index is -0.0751. The summed E-state index contributed by atoms with van der Waals surface area (Å²) in [6.45, 7) is 5.45. The SMILES string of the molecule is O=C(NCCC[NH+]1CCOCC1)c1cc(-c2ccccc2Cl)nc2ccccc12. The Hall–Kier alpha value is -2.47. The molecule has 1 amide bonds. The number of morpholine rings is 1. The maximum Gasteiger partial charge on any atom is 0.252 e. The number of fused-ring (bicyclic) bond motifs is 1. The van der Waals surface area contributed by atoms with Gasteiger partial charge in [0.15, 0.2) is 0 Å². The second-order valence-electron chi connectivity index (χ2n) is 7.27. The van der Waals surface area contributed by atoms with E-state index in [9.17, 15) is 4.79 Å². The molecule has 0 spiro atoms. The lowest BCUT2D eigenvalue weighted by Crippen LogP contribution is -3.14. The van der Waals surface area contributed by atoms with Crippen LogP contribution in [0.15, 0.2) is 54.6 Å². The van der Waals surface area contributed by atoms with Crippen molar-refractivity contribution < 1.29 is 14.4 Å². The van der Waals surface area contributed by atoms with Crippen molar-refractivity contribution in [1.82, 2.24) is 10.3 Å². The van der Waals surface area contributed by atoms with Crippen LogP contribution in [0.5, 0.6) is 0 Å². The van der Waals surface area contributed by atoms with E-state index in [-0.39, 0.29) is 5.91 Å². The molecule has 5 nitrogen and oxygen atoms in total. The van der Waals surface area contributed by atoms with Crippen molar-refractivity contribution >= 4 is 28.4 Å². The number of aromatic nitrogens is 1. The fourth-order valence-corrected chi connectivity index (χ4v) is 3.95. The molecule has 29 heavy (non-hydrogen) atoms. The zero-order valence-electron chi connectivity index (χ0n) is 16.3. The van der Waals surface area contributed by atoms with Crippen molar-refractivity contribution in [3.8, 4) is 11.3 Å². The molecule has 0 bridgehead atoms. The summed E-state index contributed by atoms with van der Waals surface area (Å²) in [7, 11) is 0. The molecule has 2 aromatic carbocycles. The molecule has 6 heteroatoms. The van der Waals surface area contributed by atoms with Gasteiger partial charge in [-0.15, -0.1) is 0 Å². The lowest BCUT2D eigenvalue weighted by Gasteiger charge is -2.23. The number of hydrogen-bond donors (Lipinski definition) is 2. The molecule has 0 atom stereocenters. The van der Waals surface area contributed by atoms with Crippen LogP contribution in [-0.2, 0) is 4.74 Å². The first-order valence-corrected chi connectivity index (χ1v) is 10.4. The van der Waals surface area contributed by atoms with Gasteiger partial charge in [0.25, 0.3) is 5.91 Å². The van der Waals surface area contributed by atoms with E-state index >= 15 is 0 Å². The number of quaternary nitrogens is 1. The van der Waals surface area contributed by atoms with Crippen LogP contribution < -0.4 is 10.2 Å². The number of pyridine rings is 1. The number of nitrogens with one attached hydrogen (secondary N) is 2. The third-order valence-electron chi connectivity index (χ3n) is 5.30. The topological polar surface area (TPSA) is 55.7 Å². The highest BCUT2D eigenvalue weighted by atomic mass is 35.5. The third-order valence-corrected chi connectivity index (χ3v) is 5.63. The van der Waals surface area contributed by atoms with E-state index in [1.165, 1.54) is 0 Å². The highest BCUT2D eigenvalue weighted by Crippen LogP contribution is 2.29. The third kappa shape index (κ3) is 4.75. The lowest BCUT2D eigenvalue weighted by molar-refractivity contribution is -0.908. The average molecular weight is 411 g/mol. The molecule has 4 rings (SSSR count). The van der Waals surface area contributed by atoms with E-state index in [1.807, 2.05) is 54.6 Å². The molecule has 1 aliphatic rings. The molecule has 1 aromatic heterocycles. The summed E-state index contributed by atoms with van der Waals surface area (Å²) in [5.74, 6) is -0.0751. The zero-order chi connectivity index (χ0) is 20.1. The first-order valence-electron chi connectivity index (χ1n) is 10.1. The van der Waals surface area contributed by atoms with Gasteiger partial charge in [-0.1, -0.05) is 48.0 Å². The number of hydrogen-bond acceptors (Lipinski definition) is 3. The van der Waals surface area contributed by atoms with Crippen molar-refractivity contribution in [3.05, 3.63) is 65.2 Å². The number of rotatable bonds is 6. The largest absolute Gasteiger partial charge is 0.370 e. The molecule has 0 saturated carbocycles. The predicted molar refractivity (Wildman–Crippen MR) is 116 cm³/mol. The van der Waals surface area contributed by atoms with Gasteiger partial charge < -0.3 is 15.0 Å². The molecule has 2 N–H and O–H groups in total. The highest BCUT2D eigenvalue weighted by molar-refractivity contribution is 6.33. The van der Waals surface area contributed by atoms with E-state index < -0.39 is 0 Å². The summed E-state index contributed by atoms with van der Waals surface area (Å²) in [5, 5.41) is 4.55. The van der Waals surface area contributed by atoms with Crippen molar-refractivity contribution in [2.24, 2.45) is 0 Å². The second kappa shape index (κ2) is 9.35. The van der Waals surface area contributed by atoms with E-state index in [2.05, 4.69) is 5.32 Å². The first kappa shape index (κ1) is 19.8. The van der Waals surface area contributed by atoms with Crippen LogP contribution in [0.3, 0.4) is 0 Å². The van der Waals surface area contributed by atoms with Gasteiger partial charge in [-0.05, 0) is 18.2 Å². The summed E-state index contributed by atoms with van der Waals surface area (Å²) >= 11 is 6.37. The number of para-hydroxylation sites is 1. The van der Waals surface area contributed by atoms with Crippen LogP contribution in [0.25, 0.3) is 22.2 Å². The predicted octanol–water partition coefficient (Wildman–Crippen LogP) is 2.59. The number of halogens is 1. The maximum absolute atomic E-state index is 13.0. The molecule has 1 saturated heterocycles. The van der Waals surface area contributed by atoms with Crippen molar-refractivity contribution in [1.29, 1.82) is 0 Å². The van der Waals surface area contributed by atoms with Crippen LogP contribution in [0.1, 0.15) is 16.8 Å². The Kier molecular flexibility index (Phi) is 6.39. The first-order chi connectivity index (χ1) is 14.2. The van der Waals surface area contributed by atoms with E-state index in [0.717, 1.165) is 55.7 Å². The van der Waals surface area contributed by atoms with Gasteiger partial charge in [0, 0.05) is 28.9 Å². The van der Waals surface area contributed by atoms with Gasteiger partial charge in [0.05, 0.1) is 36.5 Å². The zero-order valence-corrected chi connectivity index (χ0v) is 17.0. The summed E-state index contributed by atoms with van der Waals surface area (Å²) in [6.07, 6.45) is 0.946. The molecular weight excluding hydrogens is 386 g/mol. The molecule has 1 fully saturated rings. The van der Waals surface area contributed by atoms with Crippen molar-refractivity contribution in [3.63, 3.8) is 0 Å². The fourth-order valence-electron chi connectivity index (χ4n) is 3.72. The Bertz CT molecular complexity index is 1000. The van der Waals surface area contributed by atoms with Crippen LogP contribution in [0.4, 0.5) is 0 Å². The van der Waals surface area contributed by atoms with Crippen LogP contribution in [0, 0.1) is 0 Å². The molecule has 0 aliphatic carbocycles. The minimum Gasteiger partial charge on any atom is -0.370 e. The molecule has 2 heterocycles. The van der Waals surface area contributed by atoms with E-state index in [0.29, 0.717) is 22.8 Å². The Morgan fingerprint density at radius 3 is 2.69 bits per heavy atom. The van der Waals surface area contributed by atoms with E-state index in [1.54, 1.807) is 4.90 Å². The molecule has 3 aromatic rings. The summed E-state index contributed by atoms with van der Waals surface area (Å²) in [4.78, 5) is 19.2. The minimum absolute atomic E-state index is 0.0751. The Balaban J connectivity index is 1.52. The van der Waals surface area contributed by atoms with Gasteiger partial charge in [0.1, 0.15) is 13.1 Å². The van der Waals surface area contributed by atoms with Crippen LogP contribution >= 0.6 is 11.6 Å². The Morgan fingerprint density at radius 2 is 1.86 bits per heavy atom. The Morgan fingerprint density at radius 1 is 1.10 bits per heavy atom. The van der Waals surface area contributed by atoms with Gasteiger partial charge in [0.2, 0.25) is 0 Å². The van der Waals surface area contributed by atoms with Gasteiger partial charge >= 0.3 is 0 Å². The van der Waals surface area contributed by atoms with E-state index in [4.69, 9.17) is 21.3 Å². The highest BCUT2D eigenvalue weighted by Gasteiger charge is 2.16. The van der Waals surface area contributed by atoms with Gasteiger partial charge in [-0.25, -0.2) is 4.98 Å². The summed E-state index contributed by atoms with van der Waals surface area (Å²) in [6, 6.07) is 17.1. The number of ether oxygens (including phenoxy) is 1. The number of carbonyl (C=O) groups excluding carboxylic acids is 1. The maximum atomic E-state index is 13.0. The molecule has 1 aliphatic heterocycles. The Labute approximate surface area is 175 Å². The van der Waals surface area contributed by atoms with Crippen molar-refractivity contribution in [2.75, 3.05) is 39.4 Å². The smallest absolute Gasteiger partial charge is 0.252 e. The molecule has 0 radical (unpaired) electrons. The normalized spacial score (nSPS) is 14.8. The summed E-state index contributed by atoms with van der Waals surface area (Å²) in [5.41, 5.74) is 2.94. The molecule has 150 valence electrons. The fraction of sp³-hybridized carbons (Fsp3) is 0.304. The average Bonchev–Trinajstić information content (AvgIpc) is 2.77. The number of nitrogens with zero attached hydrogens (tertiary/aromatic N) is 1. The van der Waals surface area contributed by atoms with Crippen LogP contribution in [0.2, 0.25) is 5.02 Å². The molecule has 0 unspecified atom stereocenters. The second-order valence-corrected chi connectivity index (χ2v) is 7.68. The molecular formula is C23H25ClN3O2+. The monoisotopic (exact) mass is 410 g/mol. The summed E-state index contributed by atoms with van der Waals surface area (Å²) < 4.78 is 5.39. The van der Waals surface area contributed by atoms with Crippen molar-refractivity contribution in [2.45, 2.75) is 6.42 Å². The standard InChI is InChI=1S/C23H24ClN3O2/c24-20-8-3-1-7-18(20)22-16-19(17-6-2-4-9-21(17)26-22)23(28)25-10-5-11-27-12-14-29-15-13-27/h1-4,6-9,16H,5,10-15H2,(H,25,28)/p+1. The van der Waals surface area contributed by atoms with Gasteiger partial charge in [-0.3, -0.25) is 4.79 Å². The quantitative estimate of drug-likeness (QED) is 0.614. The lowest BCUT2D eigenvalue weighted by atomic mass is 10.0. The van der Waals surface area contributed by atoms with Gasteiger partial charge in [-0.2, -0.15) is 0 Å². The number of carbonyl (C=O) groups is 1. The number of amides is 1.